The molecule has 112 valence electrons. The molecule has 1 aromatic carbocycles. The summed E-state index contributed by atoms with van der Waals surface area (Å²) in [4.78, 5) is 2.40. The Morgan fingerprint density at radius 3 is 2.70 bits per heavy atom. The second kappa shape index (κ2) is 5.89. The first kappa shape index (κ1) is 15.6. The molecule has 5 nitrogen and oxygen atoms in total. The molecule has 0 aromatic heterocycles. The molecular weight excluding hydrogens is 298 g/mol. The monoisotopic (exact) mass is 317 g/mol. The highest BCUT2D eigenvalue weighted by Gasteiger charge is 2.32. The van der Waals surface area contributed by atoms with Crippen molar-refractivity contribution in [2.45, 2.75) is 24.3 Å². The maximum atomic E-state index is 12.6. The van der Waals surface area contributed by atoms with E-state index in [-0.39, 0.29) is 16.6 Å². The summed E-state index contributed by atoms with van der Waals surface area (Å²) in [5.41, 5.74) is 5.99. The van der Waals surface area contributed by atoms with Crippen LogP contribution in [-0.2, 0) is 10.0 Å². The highest BCUT2D eigenvalue weighted by atomic mass is 35.5. The van der Waals surface area contributed by atoms with Crippen LogP contribution < -0.4 is 5.73 Å². The molecule has 1 saturated heterocycles. The van der Waals surface area contributed by atoms with Gasteiger partial charge in [0.25, 0.3) is 0 Å². The summed E-state index contributed by atoms with van der Waals surface area (Å²) in [5, 5.41) is 0.369. The molecule has 1 atom stereocenters. The standard InChI is InChI=1S/C13H20ClN3O2S/c1-3-10-9-17(7-6-16(10)2)20(18,19)11-4-5-12(14)13(15)8-11/h4-5,8,10H,3,6-7,9,15H2,1-2H3. The Morgan fingerprint density at radius 2 is 2.10 bits per heavy atom. The van der Waals surface area contributed by atoms with Crippen molar-refractivity contribution in [2.24, 2.45) is 0 Å². The van der Waals surface area contributed by atoms with E-state index in [0.717, 1.165) is 13.0 Å². The van der Waals surface area contributed by atoms with Crippen LogP contribution >= 0.6 is 11.6 Å². The molecule has 0 amide bonds. The van der Waals surface area contributed by atoms with Crippen LogP contribution in [0.5, 0.6) is 0 Å². The Bertz CT molecular complexity index is 591. The molecule has 0 spiro atoms. The van der Waals surface area contributed by atoms with Crippen LogP contribution in [0.4, 0.5) is 5.69 Å². The summed E-state index contributed by atoms with van der Waals surface area (Å²) in [6.07, 6.45) is 0.922. The SMILES string of the molecule is CCC1CN(S(=O)(=O)c2ccc(Cl)c(N)c2)CCN1C. The number of likely N-dealkylation sites (N-methyl/N-ethyl adjacent to an activating group) is 1. The number of sulfonamides is 1. The number of halogens is 1. The fourth-order valence-corrected chi connectivity index (χ4v) is 4.03. The number of anilines is 1. The lowest BCUT2D eigenvalue weighted by atomic mass is 10.1. The second-order valence-electron chi connectivity index (χ2n) is 5.09. The van der Waals surface area contributed by atoms with Gasteiger partial charge in [-0.1, -0.05) is 18.5 Å². The zero-order valence-electron chi connectivity index (χ0n) is 11.7. The van der Waals surface area contributed by atoms with Gasteiger partial charge in [0.05, 0.1) is 15.6 Å². The maximum Gasteiger partial charge on any atom is 0.243 e. The molecule has 0 bridgehead atoms. The van der Waals surface area contributed by atoms with Crippen LogP contribution in [0, 0.1) is 0 Å². The summed E-state index contributed by atoms with van der Waals surface area (Å²) in [7, 11) is -1.47. The molecule has 0 radical (unpaired) electrons. The Kier molecular flexibility index (Phi) is 4.59. The van der Waals surface area contributed by atoms with Gasteiger partial charge in [0.15, 0.2) is 0 Å². The van der Waals surface area contributed by atoms with E-state index in [0.29, 0.717) is 18.1 Å². The Hall–Kier alpha value is -0.820. The van der Waals surface area contributed by atoms with Gasteiger partial charge in [-0.25, -0.2) is 8.42 Å². The van der Waals surface area contributed by atoms with Crippen molar-refractivity contribution < 1.29 is 8.42 Å². The van der Waals surface area contributed by atoms with Crippen LogP contribution in [0.15, 0.2) is 23.1 Å². The van der Waals surface area contributed by atoms with Gasteiger partial charge >= 0.3 is 0 Å². The van der Waals surface area contributed by atoms with Gasteiger partial charge in [-0.3, -0.25) is 0 Å². The fraction of sp³-hybridized carbons (Fsp3) is 0.538. The van der Waals surface area contributed by atoms with Gasteiger partial charge in [-0.2, -0.15) is 4.31 Å². The molecule has 1 aromatic rings. The van der Waals surface area contributed by atoms with E-state index in [2.05, 4.69) is 11.8 Å². The van der Waals surface area contributed by atoms with Gasteiger partial charge in [0, 0.05) is 25.7 Å². The van der Waals surface area contributed by atoms with Crippen molar-refractivity contribution in [2.75, 3.05) is 32.4 Å². The Balaban J connectivity index is 2.28. The average molecular weight is 318 g/mol. The van der Waals surface area contributed by atoms with Crippen molar-refractivity contribution >= 4 is 27.3 Å². The van der Waals surface area contributed by atoms with E-state index in [1.165, 1.54) is 22.5 Å². The van der Waals surface area contributed by atoms with Gasteiger partial charge in [-0.15, -0.1) is 0 Å². The summed E-state index contributed by atoms with van der Waals surface area (Å²) in [5.74, 6) is 0. The number of nitrogens with zero attached hydrogens (tertiary/aromatic N) is 2. The number of benzene rings is 1. The van der Waals surface area contributed by atoms with Crippen molar-refractivity contribution in [1.29, 1.82) is 0 Å². The third-order valence-corrected chi connectivity index (χ3v) is 6.02. The van der Waals surface area contributed by atoms with Crippen LogP contribution in [0.2, 0.25) is 5.02 Å². The molecule has 20 heavy (non-hydrogen) atoms. The molecule has 7 heteroatoms. The number of piperazine rings is 1. The molecule has 1 unspecified atom stereocenters. The number of hydrogen-bond donors (Lipinski definition) is 1. The first-order valence-corrected chi connectivity index (χ1v) is 8.43. The topological polar surface area (TPSA) is 66.6 Å². The highest BCUT2D eigenvalue weighted by Crippen LogP contribution is 2.26. The smallest absolute Gasteiger partial charge is 0.243 e. The Labute approximate surface area is 125 Å². The second-order valence-corrected chi connectivity index (χ2v) is 7.43. The third-order valence-electron chi connectivity index (χ3n) is 3.82. The number of nitrogens with two attached hydrogens (primary N) is 1. The molecule has 1 aliphatic rings. The van der Waals surface area contributed by atoms with Crippen LogP contribution in [-0.4, -0.2) is 50.3 Å². The molecule has 2 rings (SSSR count). The van der Waals surface area contributed by atoms with Crippen molar-refractivity contribution in [3.8, 4) is 0 Å². The molecule has 1 fully saturated rings. The third kappa shape index (κ3) is 2.93. The zero-order chi connectivity index (χ0) is 14.9. The lowest BCUT2D eigenvalue weighted by Crippen LogP contribution is -2.52. The molecule has 2 N–H and O–H groups in total. The summed E-state index contributed by atoms with van der Waals surface area (Å²) >= 11 is 5.84. The summed E-state index contributed by atoms with van der Waals surface area (Å²) in [6, 6.07) is 4.71. The van der Waals surface area contributed by atoms with Gasteiger partial charge in [0.1, 0.15) is 0 Å². The van der Waals surface area contributed by atoms with E-state index < -0.39 is 10.0 Å². The van der Waals surface area contributed by atoms with Crippen LogP contribution in [0.1, 0.15) is 13.3 Å². The fourth-order valence-electron chi connectivity index (χ4n) is 2.41. The van der Waals surface area contributed by atoms with E-state index in [1.54, 1.807) is 0 Å². The molecular formula is C13H20ClN3O2S. The quantitative estimate of drug-likeness (QED) is 0.861. The first-order valence-electron chi connectivity index (χ1n) is 6.61. The van der Waals surface area contributed by atoms with Crippen LogP contribution in [0.25, 0.3) is 0 Å². The maximum absolute atomic E-state index is 12.6. The van der Waals surface area contributed by atoms with Gasteiger partial charge < -0.3 is 10.6 Å². The van der Waals surface area contributed by atoms with Crippen molar-refractivity contribution in [3.63, 3.8) is 0 Å². The predicted molar refractivity (Wildman–Crippen MR) is 81.3 cm³/mol. The largest absolute Gasteiger partial charge is 0.397 e. The summed E-state index contributed by atoms with van der Waals surface area (Å²) < 4.78 is 26.8. The average Bonchev–Trinajstić information content (AvgIpc) is 2.42. The number of nitrogen functional groups attached to an aromatic ring is 1. The Morgan fingerprint density at radius 1 is 1.40 bits per heavy atom. The first-order chi connectivity index (χ1) is 9.36. The number of hydrogen-bond acceptors (Lipinski definition) is 4. The van der Waals surface area contributed by atoms with Gasteiger partial charge in [0.2, 0.25) is 10.0 Å². The lowest BCUT2D eigenvalue weighted by molar-refractivity contribution is 0.144. The predicted octanol–water partition coefficient (Wildman–Crippen LogP) is 1.64. The minimum Gasteiger partial charge on any atom is -0.397 e. The molecule has 0 aliphatic carbocycles. The van der Waals surface area contributed by atoms with E-state index in [1.807, 2.05) is 7.05 Å². The molecule has 1 aliphatic heterocycles. The number of rotatable bonds is 3. The summed E-state index contributed by atoms with van der Waals surface area (Å²) in [6.45, 7) is 3.81. The lowest BCUT2D eigenvalue weighted by Gasteiger charge is -2.38. The van der Waals surface area contributed by atoms with E-state index in [9.17, 15) is 8.42 Å². The van der Waals surface area contributed by atoms with Crippen molar-refractivity contribution in [3.05, 3.63) is 23.2 Å². The minimum absolute atomic E-state index is 0.207. The molecule has 0 saturated carbocycles. The van der Waals surface area contributed by atoms with Crippen molar-refractivity contribution in [1.82, 2.24) is 9.21 Å². The normalized spacial score (nSPS) is 22.1. The zero-order valence-corrected chi connectivity index (χ0v) is 13.3. The highest BCUT2D eigenvalue weighted by molar-refractivity contribution is 7.89. The van der Waals surface area contributed by atoms with Crippen LogP contribution in [0.3, 0.4) is 0 Å². The minimum atomic E-state index is -3.50. The van der Waals surface area contributed by atoms with E-state index in [4.69, 9.17) is 17.3 Å². The van der Waals surface area contributed by atoms with Gasteiger partial charge in [-0.05, 0) is 31.7 Å². The van der Waals surface area contributed by atoms with E-state index >= 15 is 0 Å². The molecule has 1 heterocycles.